The van der Waals surface area contributed by atoms with Gasteiger partial charge in [-0.3, -0.25) is 9.89 Å². The highest BCUT2D eigenvalue weighted by molar-refractivity contribution is 6.38. The van der Waals surface area contributed by atoms with E-state index in [2.05, 4.69) is 27.3 Å². The Hall–Kier alpha value is -3.74. The number of nitrogens with zero attached hydrogens (tertiary/aromatic N) is 2. The number of rotatable bonds is 3. The van der Waals surface area contributed by atoms with Crippen molar-refractivity contribution < 1.29 is 21.4 Å². The fourth-order valence-corrected chi connectivity index (χ4v) is 5.49. The van der Waals surface area contributed by atoms with Gasteiger partial charge in [-0.05, 0) is 47.9 Å². The Morgan fingerprint density at radius 3 is 2.56 bits per heavy atom. The summed E-state index contributed by atoms with van der Waals surface area (Å²) in [6.07, 6.45) is 7.52. The minimum Gasteiger partial charge on any atom is -1.00 e. The van der Waals surface area contributed by atoms with E-state index in [4.69, 9.17) is 11.6 Å². The topological polar surface area (TPSA) is 65.4 Å². The first kappa shape index (κ1) is 22.7. The number of aromatic nitrogens is 4. The summed E-state index contributed by atoms with van der Waals surface area (Å²) < 4.78 is 16.4. The maximum absolute atomic E-state index is 14.6. The highest BCUT2D eigenvalue weighted by atomic mass is 35.5. The molecular formula is C28H19Cl2FN4O. The molecule has 0 radical (unpaired) electrons. The third kappa shape index (κ3) is 3.33. The molecular weight excluding hydrogens is 498 g/mol. The predicted octanol–water partition coefficient (Wildman–Crippen LogP) is 3.18. The van der Waals surface area contributed by atoms with Crippen molar-refractivity contribution in [1.29, 1.82) is 0 Å². The summed E-state index contributed by atoms with van der Waals surface area (Å²) in [7, 11) is 0. The fraction of sp³-hybridized carbons (Fsp3) is 0.107. The van der Waals surface area contributed by atoms with Gasteiger partial charge in [0.05, 0.1) is 22.3 Å². The molecule has 0 amide bonds. The molecule has 0 bridgehead atoms. The Balaban J connectivity index is 0.00000240. The summed E-state index contributed by atoms with van der Waals surface area (Å²) in [5, 5.41) is 10.8. The molecule has 36 heavy (non-hydrogen) atoms. The van der Waals surface area contributed by atoms with Crippen molar-refractivity contribution in [3.05, 3.63) is 99.9 Å². The van der Waals surface area contributed by atoms with Gasteiger partial charge >= 0.3 is 5.56 Å². The van der Waals surface area contributed by atoms with Crippen molar-refractivity contribution in [3.63, 3.8) is 0 Å². The second-order valence-electron chi connectivity index (χ2n) is 9.04. The SMILES string of the molecule is O=c1[nH]c2c(cc(C3CC3)c3cccc(Cl)c32)c(-c2ccc(F)c3[nH]ncc23)c1-[n+]1ccccc1.[Cl-]. The number of fused-ring (bicyclic) bond motifs is 4. The van der Waals surface area contributed by atoms with Gasteiger partial charge in [-0.2, -0.15) is 9.67 Å². The Kier molecular flexibility index (Phi) is 5.32. The lowest BCUT2D eigenvalue weighted by molar-refractivity contribution is -0.596. The molecule has 6 aromatic rings. The largest absolute Gasteiger partial charge is 1.00 e. The number of hydrogen-bond donors (Lipinski definition) is 2. The molecule has 2 N–H and O–H groups in total. The second kappa shape index (κ2) is 8.43. The van der Waals surface area contributed by atoms with Crippen LogP contribution in [0.15, 0.2) is 78.0 Å². The molecule has 0 atom stereocenters. The maximum Gasteiger partial charge on any atom is 0.321 e. The van der Waals surface area contributed by atoms with Crippen molar-refractivity contribution >= 4 is 44.2 Å². The lowest BCUT2D eigenvalue weighted by Crippen LogP contribution is -3.00. The van der Waals surface area contributed by atoms with Crippen LogP contribution in [0.5, 0.6) is 0 Å². The standard InChI is InChI=1S/C28H18ClFN4O.ClH/c29-21-6-4-5-16-18(15-7-8-15)13-19-23(17-9-10-22(30)25-20(17)14-31-33-25)27(34-11-2-1-3-12-34)28(35)32-26(19)24(16)21;/h1-6,9-15H,7-8H2,(H-,31,32,33,35);1H. The first-order chi connectivity index (χ1) is 17.1. The van der Waals surface area contributed by atoms with E-state index in [1.54, 1.807) is 16.8 Å². The molecule has 1 aliphatic carbocycles. The molecule has 0 spiro atoms. The minimum atomic E-state index is -0.392. The van der Waals surface area contributed by atoms with Crippen LogP contribution < -0.4 is 22.5 Å². The van der Waals surface area contributed by atoms with Crippen molar-refractivity contribution in [3.8, 4) is 16.8 Å². The van der Waals surface area contributed by atoms with Gasteiger partial charge in [-0.1, -0.05) is 35.9 Å². The molecule has 0 saturated heterocycles. The van der Waals surface area contributed by atoms with Gasteiger partial charge in [-0.25, -0.2) is 4.39 Å². The Morgan fingerprint density at radius 1 is 0.972 bits per heavy atom. The van der Waals surface area contributed by atoms with Crippen LogP contribution in [0.2, 0.25) is 5.02 Å². The zero-order valence-electron chi connectivity index (χ0n) is 18.9. The zero-order chi connectivity index (χ0) is 23.7. The number of pyridine rings is 2. The van der Waals surface area contributed by atoms with E-state index in [0.717, 1.165) is 40.1 Å². The van der Waals surface area contributed by atoms with Crippen molar-refractivity contribution in [2.75, 3.05) is 0 Å². The number of benzene rings is 3. The van der Waals surface area contributed by atoms with Gasteiger partial charge in [-0.15, -0.1) is 0 Å². The normalized spacial score (nSPS) is 13.4. The fourth-order valence-electron chi connectivity index (χ4n) is 5.22. The minimum absolute atomic E-state index is 0. The monoisotopic (exact) mass is 516 g/mol. The van der Waals surface area contributed by atoms with Gasteiger partial charge in [0, 0.05) is 33.9 Å². The summed E-state index contributed by atoms with van der Waals surface area (Å²) in [6, 6.07) is 16.8. The molecule has 1 aliphatic rings. The molecule has 8 heteroatoms. The number of halogens is 3. The van der Waals surface area contributed by atoms with E-state index < -0.39 is 5.82 Å². The summed E-state index contributed by atoms with van der Waals surface area (Å²) in [4.78, 5) is 16.9. The van der Waals surface area contributed by atoms with Crippen molar-refractivity contribution in [2.45, 2.75) is 18.8 Å². The molecule has 3 heterocycles. The van der Waals surface area contributed by atoms with Gasteiger partial charge in [0.25, 0.3) is 5.69 Å². The summed E-state index contributed by atoms with van der Waals surface area (Å²) >= 11 is 6.75. The van der Waals surface area contributed by atoms with Crippen LogP contribution >= 0.6 is 11.6 Å². The molecule has 0 unspecified atom stereocenters. The van der Waals surface area contributed by atoms with E-state index in [9.17, 15) is 9.18 Å². The van der Waals surface area contributed by atoms with Crippen LogP contribution in [0.25, 0.3) is 49.4 Å². The Bertz CT molecular complexity index is 1860. The number of hydrogen-bond acceptors (Lipinski definition) is 2. The van der Waals surface area contributed by atoms with E-state index in [-0.39, 0.29) is 18.0 Å². The third-order valence-corrected chi connectivity index (χ3v) is 7.24. The van der Waals surface area contributed by atoms with E-state index in [1.165, 1.54) is 11.6 Å². The van der Waals surface area contributed by atoms with Crippen LogP contribution in [0.1, 0.15) is 24.3 Å². The number of aromatic amines is 2. The van der Waals surface area contributed by atoms with Crippen LogP contribution in [0.3, 0.4) is 0 Å². The van der Waals surface area contributed by atoms with Crippen LogP contribution in [0.4, 0.5) is 4.39 Å². The molecule has 3 aromatic carbocycles. The molecule has 1 saturated carbocycles. The maximum atomic E-state index is 14.6. The van der Waals surface area contributed by atoms with Crippen molar-refractivity contribution in [1.82, 2.24) is 15.2 Å². The van der Waals surface area contributed by atoms with E-state index >= 15 is 0 Å². The first-order valence-electron chi connectivity index (χ1n) is 11.5. The van der Waals surface area contributed by atoms with Crippen LogP contribution in [0, 0.1) is 5.82 Å². The average Bonchev–Trinajstić information content (AvgIpc) is 3.59. The summed E-state index contributed by atoms with van der Waals surface area (Å²) in [5.41, 5.74) is 3.85. The highest BCUT2D eigenvalue weighted by Gasteiger charge is 2.30. The van der Waals surface area contributed by atoms with Gasteiger partial charge < -0.3 is 17.4 Å². The quantitative estimate of drug-likeness (QED) is 0.280. The molecule has 0 aliphatic heterocycles. The number of nitrogens with one attached hydrogen (secondary N) is 2. The van der Waals surface area contributed by atoms with Crippen LogP contribution in [-0.4, -0.2) is 15.2 Å². The molecule has 5 nitrogen and oxygen atoms in total. The second-order valence-corrected chi connectivity index (χ2v) is 9.45. The highest BCUT2D eigenvalue weighted by Crippen LogP contribution is 2.47. The van der Waals surface area contributed by atoms with Gasteiger partial charge in [0.1, 0.15) is 11.3 Å². The molecule has 7 rings (SSSR count). The smallest absolute Gasteiger partial charge is 0.321 e. The van der Waals surface area contributed by atoms with Gasteiger partial charge in [0.15, 0.2) is 12.4 Å². The third-order valence-electron chi connectivity index (χ3n) is 6.93. The molecule has 1 fully saturated rings. The Labute approximate surface area is 216 Å². The number of H-pyrrole nitrogens is 2. The summed E-state index contributed by atoms with van der Waals surface area (Å²) in [5.74, 6) is 0.0617. The van der Waals surface area contributed by atoms with Crippen molar-refractivity contribution in [2.24, 2.45) is 0 Å². The lowest BCUT2D eigenvalue weighted by atomic mass is 9.91. The predicted molar refractivity (Wildman–Crippen MR) is 136 cm³/mol. The van der Waals surface area contributed by atoms with E-state index in [0.29, 0.717) is 33.0 Å². The molecule has 178 valence electrons. The van der Waals surface area contributed by atoms with Crippen LogP contribution in [-0.2, 0) is 0 Å². The zero-order valence-corrected chi connectivity index (χ0v) is 20.4. The lowest BCUT2D eigenvalue weighted by Gasteiger charge is -2.15. The Morgan fingerprint density at radius 2 is 1.78 bits per heavy atom. The molecule has 3 aromatic heterocycles. The van der Waals surface area contributed by atoms with E-state index in [1.807, 2.05) is 42.7 Å². The first-order valence-corrected chi connectivity index (χ1v) is 11.9. The summed E-state index contributed by atoms with van der Waals surface area (Å²) in [6.45, 7) is 0. The van der Waals surface area contributed by atoms with Gasteiger partial charge in [0.2, 0.25) is 0 Å². The average molecular weight is 517 g/mol.